The summed E-state index contributed by atoms with van der Waals surface area (Å²) in [5.74, 6) is 0. The quantitative estimate of drug-likeness (QED) is 0.572. The first kappa shape index (κ1) is 7.07. The summed E-state index contributed by atoms with van der Waals surface area (Å²) in [6.07, 6.45) is 6.92. The van der Waals surface area contributed by atoms with Gasteiger partial charge in [0.1, 0.15) is 0 Å². The number of hydrogen-bond acceptors (Lipinski definition) is 1. The van der Waals surface area contributed by atoms with Gasteiger partial charge in [-0.3, -0.25) is 0 Å². The fourth-order valence-corrected chi connectivity index (χ4v) is 1.61. The predicted octanol–water partition coefficient (Wildman–Crippen LogP) is 1.92. The van der Waals surface area contributed by atoms with Crippen LogP contribution in [-0.2, 0) is 0 Å². The Morgan fingerprint density at radius 3 is 2.11 bits per heavy atom. The van der Waals surface area contributed by atoms with E-state index in [2.05, 4.69) is 6.92 Å². The maximum Gasteiger partial charge on any atom is -0.00232 e. The summed E-state index contributed by atoms with van der Waals surface area (Å²) in [4.78, 5) is 0. The zero-order valence-corrected chi connectivity index (χ0v) is 6.32. The molecule has 0 unspecified atom stereocenters. The number of hydrogen-bond donors (Lipinski definition) is 1. The van der Waals surface area contributed by atoms with Crippen molar-refractivity contribution >= 4 is 0 Å². The molecule has 0 saturated heterocycles. The van der Waals surface area contributed by atoms with Crippen molar-refractivity contribution in [3.8, 4) is 0 Å². The molecule has 2 N–H and O–H groups in total. The summed E-state index contributed by atoms with van der Waals surface area (Å²) in [5, 5.41) is 0. The summed E-state index contributed by atoms with van der Waals surface area (Å²) in [5.41, 5.74) is 6.14. The van der Waals surface area contributed by atoms with E-state index in [9.17, 15) is 0 Å². The molecule has 9 heavy (non-hydrogen) atoms. The molecule has 0 atom stereocenters. The second kappa shape index (κ2) is 2.70. The molecule has 0 amide bonds. The lowest BCUT2D eigenvalue weighted by Crippen LogP contribution is -2.29. The zero-order chi connectivity index (χ0) is 6.74. The SMILES string of the molecule is CC1(CN)CCCCC1. The first-order valence-corrected chi connectivity index (χ1v) is 3.97. The Morgan fingerprint density at radius 1 is 1.22 bits per heavy atom. The minimum Gasteiger partial charge on any atom is -0.330 e. The van der Waals surface area contributed by atoms with Gasteiger partial charge in [0.05, 0.1) is 0 Å². The predicted molar refractivity (Wildman–Crippen MR) is 40.2 cm³/mol. The summed E-state index contributed by atoms with van der Waals surface area (Å²) >= 11 is 0. The van der Waals surface area contributed by atoms with Gasteiger partial charge in [0.15, 0.2) is 0 Å². The lowest BCUT2D eigenvalue weighted by atomic mass is 9.76. The molecule has 54 valence electrons. The van der Waals surface area contributed by atoms with Gasteiger partial charge in [-0.2, -0.15) is 0 Å². The molecule has 0 aromatic heterocycles. The Labute approximate surface area is 57.6 Å². The summed E-state index contributed by atoms with van der Waals surface area (Å²) in [6, 6.07) is 0. The summed E-state index contributed by atoms with van der Waals surface area (Å²) < 4.78 is 0. The van der Waals surface area contributed by atoms with Crippen LogP contribution in [0.15, 0.2) is 0 Å². The Kier molecular flexibility index (Phi) is 2.12. The average molecular weight is 127 g/mol. The first-order valence-electron chi connectivity index (χ1n) is 3.97. The van der Waals surface area contributed by atoms with Crippen LogP contribution >= 0.6 is 0 Å². The van der Waals surface area contributed by atoms with Gasteiger partial charge in [-0.05, 0) is 24.8 Å². The van der Waals surface area contributed by atoms with Crippen molar-refractivity contribution in [2.45, 2.75) is 39.0 Å². The molecule has 0 bridgehead atoms. The monoisotopic (exact) mass is 127 g/mol. The van der Waals surface area contributed by atoms with Crippen LogP contribution in [0.3, 0.4) is 0 Å². The van der Waals surface area contributed by atoms with Crippen LogP contribution in [0.5, 0.6) is 0 Å². The van der Waals surface area contributed by atoms with Gasteiger partial charge in [-0.1, -0.05) is 26.2 Å². The Bertz CT molecular complexity index is 82.6. The number of nitrogens with two attached hydrogens (primary N) is 1. The molecule has 0 heterocycles. The molecule has 1 rings (SSSR count). The summed E-state index contributed by atoms with van der Waals surface area (Å²) in [7, 11) is 0. The van der Waals surface area contributed by atoms with E-state index in [4.69, 9.17) is 5.73 Å². The van der Waals surface area contributed by atoms with Crippen molar-refractivity contribution in [1.29, 1.82) is 0 Å². The van der Waals surface area contributed by atoms with E-state index in [1.807, 2.05) is 0 Å². The molecule has 1 heteroatoms. The van der Waals surface area contributed by atoms with Gasteiger partial charge in [-0.25, -0.2) is 0 Å². The van der Waals surface area contributed by atoms with Crippen molar-refractivity contribution in [3.63, 3.8) is 0 Å². The van der Waals surface area contributed by atoms with Gasteiger partial charge in [0, 0.05) is 0 Å². The molecule has 1 saturated carbocycles. The molecule has 0 spiro atoms. The zero-order valence-electron chi connectivity index (χ0n) is 6.32. The van der Waals surface area contributed by atoms with E-state index in [1.54, 1.807) is 0 Å². The maximum absolute atomic E-state index is 5.64. The van der Waals surface area contributed by atoms with E-state index < -0.39 is 0 Å². The van der Waals surface area contributed by atoms with Crippen LogP contribution in [0.4, 0.5) is 0 Å². The Balaban J connectivity index is 2.37. The van der Waals surface area contributed by atoms with Crippen LogP contribution in [0.2, 0.25) is 0 Å². The van der Waals surface area contributed by atoms with E-state index in [0.717, 1.165) is 6.54 Å². The standard InChI is InChI=1S/C8H17N/c1-8(7-9)5-3-2-4-6-8/h2-7,9H2,1H3. The maximum atomic E-state index is 5.64. The van der Waals surface area contributed by atoms with Crippen LogP contribution in [0, 0.1) is 5.41 Å². The lowest BCUT2D eigenvalue weighted by molar-refractivity contribution is 0.226. The second-order valence-electron chi connectivity index (χ2n) is 3.58. The number of rotatable bonds is 1. The Hall–Kier alpha value is -0.0400. The highest BCUT2D eigenvalue weighted by Gasteiger charge is 2.24. The molecule has 0 aromatic carbocycles. The van der Waals surface area contributed by atoms with Gasteiger partial charge in [-0.15, -0.1) is 0 Å². The molecule has 1 fully saturated rings. The highest BCUT2D eigenvalue weighted by Crippen LogP contribution is 2.34. The third-order valence-corrected chi connectivity index (χ3v) is 2.55. The normalized spacial score (nSPS) is 26.0. The minimum absolute atomic E-state index is 0.498. The molecule has 0 aliphatic heterocycles. The third kappa shape index (κ3) is 1.68. The van der Waals surface area contributed by atoms with E-state index in [0.29, 0.717) is 5.41 Å². The van der Waals surface area contributed by atoms with Crippen LogP contribution in [-0.4, -0.2) is 6.54 Å². The molecule has 1 nitrogen and oxygen atoms in total. The summed E-state index contributed by atoms with van der Waals surface area (Å²) in [6.45, 7) is 3.19. The van der Waals surface area contributed by atoms with Crippen molar-refractivity contribution in [2.75, 3.05) is 6.54 Å². The van der Waals surface area contributed by atoms with Crippen LogP contribution < -0.4 is 5.73 Å². The highest BCUT2D eigenvalue weighted by molar-refractivity contribution is 4.78. The fraction of sp³-hybridized carbons (Fsp3) is 1.00. The highest BCUT2D eigenvalue weighted by atomic mass is 14.6. The van der Waals surface area contributed by atoms with Gasteiger partial charge < -0.3 is 5.73 Å². The fourth-order valence-electron chi connectivity index (χ4n) is 1.61. The first-order chi connectivity index (χ1) is 4.27. The topological polar surface area (TPSA) is 26.0 Å². The van der Waals surface area contributed by atoms with E-state index >= 15 is 0 Å². The van der Waals surface area contributed by atoms with Crippen LogP contribution in [0.25, 0.3) is 0 Å². The minimum atomic E-state index is 0.498. The molecule has 1 aliphatic carbocycles. The van der Waals surface area contributed by atoms with E-state index in [1.165, 1.54) is 32.1 Å². The smallest absolute Gasteiger partial charge is 0.00232 e. The Morgan fingerprint density at radius 2 is 1.78 bits per heavy atom. The lowest BCUT2D eigenvalue weighted by Gasteiger charge is -2.31. The van der Waals surface area contributed by atoms with Crippen molar-refractivity contribution < 1.29 is 0 Å². The molecule has 0 radical (unpaired) electrons. The largest absolute Gasteiger partial charge is 0.330 e. The van der Waals surface area contributed by atoms with Crippen LogP contribution in [0.1, 0.15) is 39.0 Å². The average Bonchev–Trinajstić information content (AvgIpc) is 1.90. The molecule has 0 aromatic rings. The molecule has 1 aliphatic rings. The second-order valence-corrected chi connectivity index (χ2v) is 3.58. The van der Waals surface area contributed by atoms with Gasteiger partial charge >= 0.3 is 0 Å². The van der Waals surface area contributed by atoms with E-state index in [-0.39, 0.29) is 0 Å². The molecular formula is C8H17N. The van der Waals surface area contributed by atoms with Gasteiger partial charge in [0.25, 0.3) is 0 Å². The van der Waals surface area contributed by atoms with Gasteiger partial charge in [0.2, 0.25) is 0 Å². The van der Waals surface area contributed by atoms with Crippen molar-refractivity contribution in [2.24, 2.45) is 11.1 Å². The van der Waals surface area contributed by atoms with Crippen molar-refractivity contribution in [1.82, 2.24) is 0 Å². The van der Waals surface area contributed by atoms with Crippen molar-refractivity contribution in [3.05, 3.63) is 0 Å². The third-order valence-electron chi connectivity index (χ3n) is 2.55. The molecular weight excluding hydrogens is 110 g/mol.